The molecule has 1 spiro atoms. The summed E-state index contributed by atoms with van der Waals surface area (Å²) >= 11 is 0. The standard InChI is InChI=1S/C28H32O11/c1-12(29)38-26-11-24(2)17(18(31)23(33)35-4)16(26)13-7-8-25(3)22(14-6-5-9-36-14)37-15(30)10-27(25)28(13,34)20(26)19(39-27)21(24)32/h5-6,9,13,16-20,22,31,34H,7-8,10-11H2,1-4H3/t13-,16-,17-,18-,19+,20-,22+,24-,25-,26-,27+,28-/m0/s1. The van der Waals surface area contributed by atoms with E-state index in [1.54, 1.807) is 19.1 Å². The molecule has 12 atom stereocenters. The molecule has 0 amide bonds. The monoisotopic (exact) mass is 544 g/mol. The van der Waals surface area contributed by atoms with E-state index in [1.807, 2.05) is 6.92 Å². The Kier molecular flexibility index (Phi) is 4.72. The molecule has 4 saturated carbocycles. The second-order valence-electron chi connectivity index (χ2n) is 12.8. The van der Waals surface area contributed by atoms with E-state index in [0.717, 1.165) is 7.11 Å². The highest BCUT2D eigenvalue weighted by atomic mass is 16.6. The summed E-state index contributed by atoms with van der Waals surface area (Å²) in [6, 6.07) is 3.38. The number of hydrogen-bond donors (Lipinski definition) is 2. The molecular formula is C28H32O11. The molecule has 2 N–H and O–H groups in total. The van der Waals surface area contributed by atoms with Gasteiger partial charge in [0.1, 0.15) is 28.7 Å². The van der Waals surface area contributed by atoms with Crippen molar-refractivity contribution in [3.8, 4) is 0 Å². The Labute approximate surface area is 224 Å². The summed E-state index contributed by atoms with van der Waals surface area (Å²) in [4.78, 5) is 52.9. The maximum absolute atomic E-state index is 14.3. The Bertz CT molecular complexity index is 1310. The topological polar surface area (TPSA) is 159 Å². The van der Waals surface area contributed by atoms with Crippen molar-refractivity contribution in [1.29, 1.82) is 0 Å². The Morgan fingerprint density at radius 1 is 1.23 bits per heavy atom. The van der Waals surface area contributed by atoms with E-state index in [4.69, 9.17) is 23.4 Å². The SMILES string of the molecule is COC(=O)[C@@H](O)[C@@H]1[C@@H]2[C@@H]3CC[C@@]4(C)[C@@H](c5ccco5)OC(=O)C[C@@]45O[C@H]4C(=O)[C@@]1(C)C[C@@]2(OC(C)=O)[C@H]4[C@@]35O. The molecule has 0 unspecified atom stereocenters. The van der Waals surface area contributed by atoms with Crippen molar-refractivity contribution >= 4 is 23.7 Å². The van der Waals surface area contributed by atoms with Crippen LogP contribution in [0.4, 0.5) is 0 Å². The number of fused-ring (bicyclic) bond motifs is 2. The summed E-state index contributed by atoms with van der Waals surface area (Å²) in [6.07, 6.45) is -1.82. The first kappa shape index (κ1) is 25.2. The van der Waals surface area contributed by atoms with Crippen LogP contribution in [0, 0.1) is 34.5 Å². The second kappa shape index (κ2) is 7.30. The molecule has 11 nitrogen and oxygen atoms in total. The first-order valence-corrected chi connectivity index (χ1v) is 13.5. The number of rotatable bonds is 4. The van der Waals surface area contributed by atoms with Crippen molar-refractivity contribution in [2.45, 2.75) is 81.6 Å². The van der Waals surface area contributed by atoms with Crippen LogP contribution in [0.3, 0.4) is 0 Å². The molecule has 39 heavy (non-hydrogen) atoms. The van der Waals surface area contributed by atoms with Crippen molar-refractivity contribution < 1.29 is 52.8 Å². The fourth-order valence-corrected chi connectivity index (χ4v) is 10.4. The molecule has 4 aliphatic carbocycles. The smallest absolute Gasteiger partial charge is 0.335 e. The van der Waals surface area contributed by atoms with Gasteiger partial charge in [-0.1, -0.05) is 13.8 Å². The van der Waals surface area contributed by atoms with Crippen LogP contribution < -0.4 is 0 Å². The third kappa shape index (κ3) is 2.48. The third-order valence-corrected chi connectivity index (χ3v) is 11.5. The number of carbonyl (C=O) groups is 4. The Hall–Kier alpha value is -2.76. The number of hydrogen-bond acceptors (Lipinski definition) is 11. The lowest BCUT2D eigenvalue weighted by molar-refractivity contribution is -0.292. The fraction of sp³-hybridized carbons (Fsp3) is 0.714. The zero-order chi connectivity index (χ0) is 27.9. The third-order valence-electron chi connectivity index (χ3n) is 11.5. The first-order chi connectivity index (χ1) is 18.3. The molecule has 0 aromatic carbocycles. The molecule has 2 bridgehead atoms. The molecule has 11 heteroatoms. The first-order valence-electron chi connectivity index (χ1n) is 13.5. The number of cyclic esters (lactones) is 1. The molecule has 210 valence electrons. The predicted octanol–water partition coefficient (Wildman–Crippen LogP) is 1.24. The van der Waals surface area contributed by atoms with Gasteiger partial charge in [-0.15, -0.1) is 0 Å². The van der Waals surface area contributed by atoms with E-state index >= 15 is 0 Å². The number of aliphatic hydroxyl groups is 2. The number of carbonyl (C=O) groups excluding carboxylic acids is 4. The molecular weight excluding hydrogens is 512 g/mol. The van der Waals surface area contributed by atoms with Crippen LogP contribution in [-0.4, -0.2) is 70.0 Å². The number of aliphatic hydroxyl groups excluding tert-OH is 1. The van der Waals surface area contributed by atoms with Gasteiger partial charge in [-0.05, 0) is 30.9 Å². The van der Waals surface area contributed by atoms with Gasteiger partial charge < -0.3 is 33.6 Å². The van der Waals surface area contributed by atoms with Crippen molar-refractivity contribution in [3.05, 3.63) is 24.2 Å². The number of ether oxygens (including phenoxy) is 4. The summed E-state index contributed by atoms with van der Waals surface area (Å²) in [7, 11) is 1.15. The van der Waals surface area contributed by atoms with E-state index < -0.39 is 93.3 Å². The largest absolute Gasteiger partial charge is 0.467 e. The zero-order valence-corrected chi connectivity index (χ0v) is 22.2. The maximum Gasteiger partial charge on any atom is 0.335 e. The van der Waals surface area contributed by atoms with E-state index in [9.17, 15) is 29.4 Å². The number of esters is 3. The summed E-state index contributed by atoms with van der Waals surface area (Å²) in [5, 5.41) is 24.4. The van der Waals surface area contributed by atoms with Gasteiger partial charge in [0.05, 0.1) is 25.7 Å². The van der Waals surface area contributed by atoms with Crippen molar-refractivity contribution in [1.82, 2.24) is 0 Å². The lowest BCUT2D eigenvalue weighted by Gasteiger charge is -2.62. The lowest BCUT2D eigenvalue weighted by Crippen LogP contribution is -2.72. The second-order valence-corrected chi connectivity index (χ2v) is 12.8. The molecule has 1 aromatic heterocycles. The van der Waals surface area contributed by atoms with Gasteiger partial charge in [0.15, 0.2) is 18.0 Å². The molecule has 6 fully saturated rings. The Morgan fingerprint density at radius 2 is 1.97 bits per heavy atom. The van der Waals surface area contributed by atoms with Gasteiger partial charge in [-0.2, -0.15) is 0 Å². The summed E-state index contributed by atoms with van der Waals surface area (Å²) in [6.45, 7) is 4.80. The zero-order valence-electron chi connectivity index (χ0n) is 22.2. The molecule has 7 rings (SSSR count). The minimum absolute atomic E-state index is 0.0178. The molecule has 2 saturated heterocycles. The molecule has 1 aromatic rings. The van der Waals surface area contributed by atoms with E-state index in [1.165, 1.54) is 13.2 Å². The van der Waals surface area contributed by atoms with Crippen molar-refractivity contribution in [2.75, 3.05) is 7.11 Å². The summed E-state index contributed by atoms with van der Waals surface area (Å²) in [5.41, 5.74) is -7.09. The van der Waals surface area contributed by atoms with Crippen LogP contribution in [0.15, 0.2) is 22.8 Å². The van der Waals surface area contributed by atoms with Crippen molar-refractivity contribution in [3.63, 3.8) is 0 Å². The Morgan fingerprint density at radius 3 is 2.62 bits per heavy atom. The van der Waals surface area contributed by atoms with Gasteiger partial charge in [0, 0.05) is 36.0 Å². The fourth-order valence-electron chi connectivity index (χ4n) is 10.4. The van der Waals surface area contributed by atoms with Crippen LogP contribution in [0.2, 0.25) is 0 Å². The van der Waals surface area contributed by atoms with Gasteiger partial charge in [0.25, 0.3) is 0 Å². The quantitative estimate of drug-likeness (QED) is 0.415. The molecule has 6 aliphatic rings. The normalized spacial score (nSPS) is 51.2. The van der Waals surface area contributed by atoms with E-state index in [-0.39, 0.29) is 12.8 Å². The highest BCUT2D eigenvalue weighted by molar-refractivity contribution is 5.94. The molecule has 2 aliphatic heterocycles. The minimum atomic E-state index is -1.80. The van der Waals surface area contributed by atoms with Crippen LogP contribution in [-0.2, 0) is 38.1 Å². The van der Waals surface area contributed by atoms with Crippen LogP contribution >= 0.6 is 0 Å². The predicted molar refractivity (Wildman–Crippen MR) is 126 cm³/mol. The average Bonchev–Trinajstić information content (AvgIpc) is 3.58. The molecule has 0 radical (unpaired) electrons. The van der Waals surface area contributed by atoms with E-state index in [2.05, 4.69) is 0 Å². The van der Waals surface area contributed by atoms with Gasteiger partial charge in [-0.25, -0.2) is 4.79 Å². The number of methoxy groups -OCH3 is 1. The highest BCUT2D eigenvalue weighted by Gasteiger charge is 2.94. The van der Waals surface area contributed by atoms with E-state index in [0.29, 0.717) is 18.6 Å². The number of Topliss-reactive ketones (excluding diaryl/α,β-unsaturated/α-hetero) is 1. The number of furan rings is 1. The van der Waals surface area contributed by atoms with Crippen LogP contribution in [0.25, 0.3) is 0 Å². The highest BCUT2D eigenvalue weighted by Crippen LogP contribution is 2.82. The maximum atomic E-state index is 14.3. The van der Waals surface area contributed by atoms with Gasteiger partial charge in [0.2, 0.25) is 0 Å². The molecule has 3 heterocycles. The van der Waals surface area contributed by atoms with Crippen LogP contribution in [0.1, 0.15) is 58.3 Å². The minimum Gasteiger partial charge on any atom is -0.467 e. The average molecular weight is 545 g/mol. The number of ketones is 1. The van der Waals surface area contributed by atoms with Gasteiger partial charge in [-0.3, -0.25) is 14.4 Å². The van der Waals surface area contributed by atoms with Crippen molar-refractivity contribution in [2.24, 2.45) is 34.5 Å². The summed E-state index contributed by atoms with van der Waals surface area (Å²) in [5.74, 6) is -5.51. The summed E-state index contributed by atoms with van der Waals surface area (Å²) < 4.78 is 29.2. The Balaban J connectivity index is 1.49. The van der Waals surface area contributed by atoms with Gasteiger partial charge >= 0.3 is 17.9 Å². The lowest BCUT2D eigenvalue weighted by atomic mass is 9.47. The van der Waals surface area contributed by atoms with Crippen LogP contribution in [0.5, 0.6) is 0 Å².